The molecule has 0 aromatic heterocycles. The van der Waals surface area contributed by atoms with Crippen LogP contribution in [0.4, 0.5) is 4.79 Å². The highest BCUT2D eigenvalue weighted by molar-refractivity contribution is 7.97. The van der Waals surface area contributed by atoms with Gasteiger partial charge in [-0.2, -0.15) is 0 Å². The Balaban J connectivity index is 0.00000286. The minimum atomic E-state index is -2.08. The van der Waals surface area contributed by atoms with Crippen LogP contribution in [0, 0.1) is 0 Å². The van der Waals surface area contributed by atoms with Crippen molar-refractivity contribution in [2.45, 2.75) is 247 Å². The molecule has 59 heavy (non-hydrogen) atoms. The summed E-state index contributed by atoms with van der Waals surface area (Å²) in [5, 5.41) is 15.3. The maximum Gasteiger partial charge on any atom is 0.249 e. The van der Waals surface area contributed by atoms with Crippen molar-refractivity contribution < 1.29 is 15.0 Å². The van der Waals surface area contributed by atoms with Gasteiger partial charge in [0.2, 0.25) is 6.16 Å². The Kier molecular flexibility index (Phi) is 32.9. The van der Waals surface area contributed by atoms with Crippen molar-refractivity contribution in [1.29, 1.82) is 0 Å². The quantitative estimate of drug-likeness (QED) is 0.0469. The minimum Gasteiger partial charge on any atom is -0.565 e. The zero-order chi connectivity index (χ0) is 42.4. The molecule has 0 saturated heterocycles. The molecule has 3 aromatic rings. The standard InChI is InChI=1S/C54H87S.CH2O3/c1-4-7-10-13-16-19-22-25-28-31-34-49-37-43-52(44-38-49)55(53-45-39-50(40-46-53)35-32-29-26-23-20-17-14-11-8-5-2)54-47-41-51(42-48-54)36-33-30-27-24-21-18-15-12-9-6-3;2-1(3)4/h37-48H,4-36H2,1-3H3;(H2,2,3,4)/q+1;/p-1. The zero-order valence-electron chi connectivity index (χ0n) is 38.4. The summed E-state index contributed by atoms with van der Waals surface area (Å²) in [6.45, 7) is 6.92. The largest absolute Gasteiger partial charge is 0.565 e. The second-order valence-corrected chi connectivity index (χ2v) is 19.3. The summed E-state index contributed by atoms with van der Waals surface area (Å²) in [4.78, 5) is 12.8. The number of rotatable bonds is 36. The molecule has 0 aliphatic rings. The Hall–Kier alpha value is -2.72. The number of hydrogen-bond donors (Lipinski definition) is 1. The van der Waals surface area contributed by atoms with Crippen molar-refractivity contribution in [2.24, 2.45) is 0 Å². The van der Waals surface area contributed by atoms with E-state index in [1.807, 2.05) is 0 Å². The third-order valence-corrected chi connectivity index (χ3v) is 14.2. The second kappa shape index (κ2) is 37.1. The number of benzene rings is 3. The fraction of sp³-hybridized carbons (Fsp3) is 0.655. The summed E-state index contributed by atoms with van der Waals surface area (Å²) >= 11 is 0. The molecule has 0 unspecified atom stereocenters. The van der Waals surface area contributed by atoms with E-state index in [1.165, 1.54) is 243 Å². The van der Waals surface area contributed by atoms with Crippen LogP contribution in [0.15, 0.2) is 87.5 Å². The third-order valence-electron chi connectivity index (χ3n) is 11.9. The molecule has 3 nitrogen and oxygen atoms in total. The molecule has 0 aliphatic heterocycles. The van der Waals surface area contributed by atoms with Gasteiger partial charge in [0, 0.05) is 0 Å². The van der Waals surface area contributed by atoms with E-state index in [0.717, 1.165) is 0 Å². The third kappa shape index (κ3) is 27.7. The Morgan fingerprint density at radius 1 is 0.356 bits per heavy atom. The molecule has 1 N–H and O–H groups in total. The number of carbonyl (C=O) groups is 1. The first-order chi connectivity index (χ1) is 29.0. The molecule has 0 aliphatic carbocycles. The van der Waals surface area contributed by atoms with Crippen LogP contribution in [0.3, 0.4) is 0 Å². The van der Waals surface area contributed by atoms with Gasteiger partial charge in [-0.05, 0) is 91.6 Å². The van der Waals surface area contributed by atoms with Gasteiger partial charge in [-0.1, -0.05) is 231 Å². The summed E-state index contributed by atoms with van der Waals surface area (Å²) in [7, 11) is -0.0833. The SMILES string of the molecule is CCCCCCCCCCCCc1ccc([S+](c2ccc(CCCCCCCCCCCC)cc2)c2ccc(CCCCCCCCCCCC)cc2)cc1.O=C([O-])O. The van der Waals surface area contributed by atoms with Crippen LogP contribution in [-0.2, 0) is 30.2 Å². The molecule has 0 atom stereocenters. The maximum absolute atomic E-state index is 8.44. The van der Waals surface area contributed by atoms with Crippen molar-refractivity contribution in [1.82, 2.24) is 0 Å². The molecule has 0 radical (unpaired) electrons. The van der Waals surface area contributed by atoms with E-state index in [1.54, 1.807) is 0 Å². The van der Waals surface area contributed by atoms with E-state index in [-0.39, 0.29) is 10.9 Å². The normalized spacial score (nSPS) is 11.2. The Labute approximate surface area is 367 Å². The molecule has 3 rings (SSSR count). The van der Waals surface area contributed by atoms with E-state index in [0.29, 0.717) is 0 Å². The van der Waals surface area contributed by atoms with Gasteiger partial charge < -0.3 is 15.0 Å². The Bertz CT molecular complexity index is 1200. The summed E-state index contributed by atoms with van der Waals surface area (Å²) in [5.74, 6) is 0. The van der Waals surface area contributed by atoms with Gasteiger partial charge in [-0.15, -0.1) is 0 Å². The maximum atomic E-state index is 8.44. The van der Waals surface area contributed by atoms with Crippen LogP contribution in [0.2, 0.25) is 0 Å². The zero-order valence-corrected chi connectivity index (χ0v) is 39.3. The predicted octanol–water partition coefficient (Wildman–Crippen LogP) is 17.1. The average molecular weight is 829 g/mol. The number of hydrogen-bond acceptors (Lipinski definition) is 2. The molecule has 3 aromatic carbocycles. The first-order valence-electron chi connectivity index (χ1n) is 24.9. The van der Waals surface area contributed by atoms with Crippen LogP contribution in [0.1, 0.15) is 230 Å². The summed E-state index contributed by atoms with van der Waals surface area (Å²) < 4.78 is 0. The van der Waals surface area contributed by atoms with E-state index >= 15 is 0 Å². The van der Waals surface area contributed by atoms with Crippen LogP contribution >= 0.6 is 0 Å². The molecular formula is C55H88O3S. The van der Waals surface area contributed by atoms with Gasteiger partial charge >= 0.3 is 0 Å². The highest BCUT2D eigenvalue weighted by Crippen LogP contribution is 2.32. The molecule has 0 spiro atoms. The van der Waals surface area contributed by atoms with E-state index in [4.69, 9.17) is 15.0 Å². The van der Waals surface area contributed by atoms with E-state index in [2.05, 4.69) is 93.6 Å². The van der Waals surface area contributed by atoms with Gasteiger partial charge in [0.15, 0.2) is 14.7 Å². The van der Waals surface area contributed by atoms with Crippen LogP contribution in [0.5, 0.6) is 0 Å². The van der Waals surface area contributed by atoms with Gasteiger partial charge in [-0.3, -0.25) is 0 Å². The topological polar surface area (TPSA) is 60.4 Å². The smallest absolute Gasteiger partial charge is 0.249 e. The molecule has 0 heterocycles. The van der Waals surface area contributed by atoms with Crippen LogP contribution in [-0.4, -0.2) is 11.3 Å². The molecule has 332 valence electrons. The van der Waals surface area contributed by atoms with Gasteiger partial charge in [0.25, 0.3) is 0 Å². The second-order valence-electron chi connectivity index (χ2n) is 17.3. The van der Waals surface area contributed by atoms with Gasteiger partial charge in [-0.25, -0.2) is 0 Å². The lowest BCUT2D eigenvalue weighted by Crippen LogP contribution is -2.17. The van der Waals surface area contributed by atoms with Gasteiger partial charge in [0.05, 0.1) is 10.9 Å². The lowest BCUT2D eigenvalue weighted by molar-refractivity contribution is -0.275. The first-order valence-corrected chi connectivity index (χ1v) is 26.1. The van der Waals surface area contributed by atoms with Crippen LogP contribution in [0.25, 0.3) is 0 Å². The van der Waals surface area contributed by atoms with Gasteiger partial charge in [0.1, 0.15) is 0 Å². The van der Waals surface area contributed by atoms with Crippen LogP contribution < -0.4 is 5.11 Å². The van der Waals surface area contributed by atoms with Crippen molar-refractivity contribution in [3.8, 4) is 0 Å². The van der Waals surface area contributed by atoms with E-state index < -0.39 is 6.16 Å². The van der Waals surface area contributed by atoms with Crippen molar-refractivity contribution in [3.05, 3.63) is 89.5 Å². The average Bonchev–Trinajstić information content (AvgIpc) is 3.24. The predicted molar refractivity (Wildman–Crippen MR) is 256 cm³/mol. The first kappa shape index (κ1) is 52.4. The highest BCUT2D eigenvalue weighted by Gasteiger charge is 2.28. The highest BCUT2D eigenvalue weighted by atomic mass is 32.2. The molecule has 0 saturated carbocycles. The molecule has 4 heteroatoms. The summed E-state index contributed by atoms with van der Waals surface area (Å²) in [5.41, 5.74) is 4.52. The number of carboxylic acid groups (broad SMARTS) is 2. The monoisotopic (exact) mass is 829 g/mol. The fourth-order valence-electron chi connectivity index (χ4n) is 8.23. The Morgan fingerprint density at radius 2 is 0.525 bits per heavy atom. The van der Waals surface area contributed by atoms with Crippen molar-refractivity contribution in [3.63, 3.8) is 0 Å². The minimum absolute atomic E-state index is 0.0833. The summed E-state index contributed by atoms with van der Waals surface area (Å²) in [6, 6.07) is 29.3. The lowest BCUT2D eigenvalue weighted by atomic mass is 10.0. The Morgan fingerprint density at radius 3 is 0.712 bits per heavy atom. The molecular weight excluding hydrogens is 741 g/mol. The fourth-order valence-corrected chi connectivity index (χ4v) is 10.3. The van der Waals surface area contributed by atoms with Crippen molar-refractivity contribution >= 4 is 17.1 Å². The van der Waals surface area contributed by atoms with Crippen molar-refractivity contribution in [2.75, 3.05) is 0 Å². The summed E-state index contributed by atoms with van der Waals surface area (Å²) in [6.07, 6.45) is 43.6. The molecule has 0 fully saturated rings. The molecule has 0 amide bonds. The number of aryl methyl sites for hydroxylation is 3. The number of unbranched alkanes of at least 4 members (excludes halogenated alkanes) is 27. The lowest BCUT2D eigenvalue weighted by Gasteiger charge is -2.11. The molecule has 0 bridgehead atoms. The van der Waals surface area contributed by atoms with E-state index in [9.17, 15) is 0 Å².